The Kier molecular flexibility index (Phi) is 3.93. The van der Waals surface area contributed by atoms with Crippen LogP contribution >= 0.6 is 11.3 Å². The van der Waals surface area contributed by atoms with E-state index in [1.54, 1.807) is 38.5 Å². The number of ether oxygens (including phenoxy) is 2. The number of rotatable bonds is 4. The monoisotopic (exact) mass is 315 g/mol. The van der Waals surface area contributed by atoms with Crippen molar-refractivity contribution in [2.24, 2.45) is 5.16 Å². The van der Waals surface area contributed by atoms with Crippen LogP contribution in [0.2, 0.25) is 0 Å². The van der Waals surface area contributed by atoms with Gasteiger partial charge in [-0.2, -0.15) is 0 Å². The second kappa shape index (κ2) is 6.03. The van der Waals surface area contributed by atoms with Crippen molar-refractivity contribution in [2.45, 2.75) is 0 Å². The van der Waals surface area contributed by atoms with Crippen LogP contribution in [0, 0.1) is 0 Å². The number of nitrogens with zero attached hydrogens (tertiary/aromatic N) is 1. The molecule has 5 nitrogen and oxygen atoms in total. The summed E-state index contributed by atoms with van der Waals surface area (Å²) in [5, 5.41) is 5.84. The van der Waals surface area contributed by atoms with Gasteiger partial charge in [0.15, 0.2) is 0 Å². The first kappa shape index (κ1) is 14.3. The lowest BCUT2D eigenvalue weighted by Gasteiger charge is -2.09. The van der Waals surface area contributed by atoms with Crippen LogP contribution in [0.15, 0.2) is 46.4 Å². The predicted molar refractivity (Wildman–Crippen MR) is 84.5 cm³/mol. The molecule has 3 rings (SSSR count). The number of thiophene rings is 1. The molecule has 1 aliphatic rings. The van der Waals surface area contributed by atoms with Crippen molar-refractivity contribution < 1.29 is 19.1 Å². The Bertz CT molecular complexity index is 762. The first-order chi connectivity index (χ1) is 10.7. The molecule has 112 valence electrons. The lowest BCUT2D eigenvalue weighted by molar-refractivity contribution is -0.136. The summed E-state index contributed by atoms with van der Waals surface area (Å²) in [4.78, 5) is 17.8. The summed E-state index contributed by atoms with van der Waals surface area (Å²) in [6.45, 7) is 0. The van der Waals surface area contributed by atoms with Crippen LogP contribution in [-0.2, 0) is 9.63 Å². The third kappa shape index (κ3) is 2.60. The number of benzene rings is 1. The van der Waals surface area contributed by atoms with Gasteiger partial charge in [-0.25, -0.2) is 4.79 Å². The summed E-state index contributed by atoms with van der Waals surface area (Å²) in [5.74, 6) is 0.761. The van der Waals surface area contributed by atoms with Gasteiger partial charge in [0.2, 0.25) is 0 Å². The van der Waals surface area contributed by atoms with E-state index in [0.717, 1.165) is 4.88 Å². The summed E-state index contributed by atoms with van der Waals surface area (Å²) < 4.78 is 10.6. The van der Waals surface area contributed by atoms with Crippen molar-refractivity contribution in [1.82, 2.24) is 0 Å². The number of carbonyl (C=O) groups is 1. The SMILES string of the molecule is COc1ccc(OC)c(C2=NOC(=O)/C2=C\c2cccs2)c1. The van der Waals surface area contributed by atoms with Gasteiger partial charge in [-0.3, -0.25) is 0 Å². The van der Waals surface area contributed by atoms with Gasteiger partial charge in [0.1, 0.15) is 17.2 Å². The molecule has 0 fully saturated rings. The van der Waals surface area contributed by atoms with Gasteiger partial charge in [-0.1, -0.05) is 11.2 Å². The second-order valence-electron chi connectivity index (χ2n) is 4.46. The summed E-state index contributed by atoms with van der Waals surface area (Å²) in [6, 6.07) is 9.15. The molecule has 0 N–H and O–H groups in total. The van der Waals surface area contributed by atoms with Crippen molar-refractivity contribution in [3.63, 3.8) is 0 Å². The van der Waals surface area contributed by atoms with Gasteiger partial charge in [-0.05, 0) is 35.7 Å². The summed E-state index contributed by atoms with van der Waals surface area (Å²) >= 11 is 1.53. The molecule has 0 saturated carbocycles. The average molecular weight is 315 g/mol. The molecule has 22 heavy (non-hydrogen) atoms. The van der Waals surface area contributed by atoms with Gasteiger partial charge in [0.05, 0.1) is 25.4 Å². The van der Waals surface area contributed by atoms with E-state index in [9.17, 15) is 4.79 Å². The fourth-order valence-corrected chi connectivity index (χ4v) is 2.78. The van der Waals surface area contributed by atoms with E-state index in [2.05, 4.69) is 5.16 Å². The van der Waals surface area contributed by atoms with Crippen molar-refractivity contribution >= 4 is 29.1 Å². The number of methoxy groups -OCH3 is 2. The quantitative estimate of drug-likeness (QED) is 0.642. The zero-order chi connectivity index (χ0) is 15.5. The average Bonchev–Trinajstić information content (AvgIpc) is 3.18. The Balaban J connectivity index is 2.08. The minimum absolute atomic E-state index is 0.397. The Morgan fingerprint density at radius 3 is 2.77 bits per heavy atom. The van der Waals surface area contributed by atoms with Crippen LogP contribution in [0.4, 0.5) is 0 Å². The van der Waals surface area contributed by atoms with Gasteiger partial charge in [0, 0.05) is 4.88 Å². The van der Waals surface area contributed by atoms with Crippen molar-refractivity contribution in [3.8, 4) is 11.5 Å². The van der Waals surface area contributed by atoms with Gasteiger partial charge in [-0.15, -0.1) is 11.3 Å². The Labute approximate surface area is 131 Å². The van der Waals surface area contributed by atoms with E-state index in [-0.39, 0.29) is 0 Å². The molecule has 1 aromatic carbocycles. The van der Waals surface area contributed by atoms with Gasteiger partial charge >= 0.3 is 5.97 Å². The summed E-state index contributed by atoms with van der Waals surface area (Å²) in [5.41, 5.74) is 1.48. The molecular weight excluding hydrogens is 302 g/mol. The lowest BCUT2D eigenvalue weighted by atomic mass is 10.0. The topological polar surface area (TPSA) is 57.1 Å². The smallest absolute Gasteiger partial charge is 0.368 e. The van der Waals surface area contributed by atoms with Crippen LogP contribution in [0.5, 0.6) is 11.5 Å². The fraction of sp³-hybridized carbons (Fsp3) is 0.125. The molecule has 6 heteroatoms. The summed E-state index contributed by atoms with van der Waals surface area (Å²) in [6.07, 6.45) is 1.76. The minimum Gasteiger partial charge on any atom is -0.497 e. The van der Waals surface area contributed by atoms with E-state index in [4.69, 9.17) is 14.3 Å². The molecule has 2 aromatic rings. The lowest BCUT2D eigenvalue weighted by Crippen LogP contribution is -2.08. The summed E-state index contributed by atoms with van der Waals surface area (Å²) in [7, 11) is 3.14. The van der Waals surface area contributed by atoms with Crippen molar-refractivity contribution in [3.05, 3.63) is 51.7 Å². The predicted octanol–water partition coefficient (Wildman–Crippen LogP) is 3.11. The highest BCUT2D eigenvalue weighted by atomic mass is 32.1. The second-order valence-corrected chi connectivity index (χ2v) is 5.44. The van der Waals surface area contributed by atoms with Gasteiger partial charge < -0.3 is 14.3 Å². The third-order valence-corrected chi connectivity index (χ3v) is 4.01. The van der Waals surface area contributed by atoms with Crippen LogP contribution < -0.4 is 9.47 Å². The Morgan fingerprint density at radius 1 is 1.23 bits per heavy atom. The molecule has 0 radical (unpaired) electrons. The highest BCUT2D eigenvalue weighted by Gasteiger charge is 2.29. The maximum Gasteiger partial charge on any atom is 0.368 e. The fourth-order valence-electron chi connectivity index (χ4n) is 2.12. The Hall–Kier alpha value is -2.60. The molecule has 0 spiro atoms. The molecule has 1 aromatic heterocycles. The maximum atomic E-state index is 12.0. The largest absolute Gasteiger partial charge is 0.497 e. The van der Waals surface area contributed by atoms with E-state index in [1.807, 2.05) is 17.5 Å². The number of hydrogen-bond donors (Lipinski definition) is 0. The van der Waals surface area contributed by atoms with Crippen LogP contribution in [0.25, 0.3) is 6.08 Å². The highest BCUT2D eigenvalue weighted by Crippen LogP contribution is 2.30. The first-order valence-corrected chi connectivity index (χ1v) is 7.38. The molecule has 1 aliphatic heterocycles. The van der Waals surface area contributed by atoms with E-state index >= 15 is 0 Å². The molecule has 0 aliphatic carbocycles. The van der Waals surface area contributed by atoms with Crippen LogP contribution in [-0.4, -0.2) is 25.9 Å². The number of carbonyl (C=O) groups excluding carboxylic acids is 1. The zero-order valence-corrected chi connectivity index (χ0v) is 12.8. The normalized spacial score (nSPS) is 15.6. The Morgan fingerprint density at radius 2 is 2.09 bits per heavy atom. The molecule has 0 amide bonds. The third-order valence-electron chi connectivity index (χ3n) is 3.19. The zero-order valence-electron chi connectivity index (χ0n) is 12.0. The molecular formula is C16H13NO4S. The molecule has 2 heterocycles. The standard InChI is InChI=1S/C16H13NO4S/c1-19-10-5-6-14(20-2)12(8-10)15-13(16(18)21-17-15)9-11-4-3-7-22-11/h3-9H,1-2H3/b13-9-. The molecule has 0 saturated heterocycles. The van der Waals surface area contributed by atoms with E-state index in [1.165, 1.54) is 11.3 Å². The van der Waals surface area contributed by atoms with E-state index < -0.39 is 5.97 Å². The minimum atomic E-state index is -0.478. The van der Waals surface area contributed by atoms with E-state index in [0.29, 0.717) is 28.3 Å². The van der Waals surface area contributed by atoms with Crippen LogP contribution in [0.3, 0.4) is 0 Å². The molecule has 0 bridgehead atoms. The van der Waals surface area contributed by atoms with Gasteiger partial charge in [0.25, 0.3) is 0 Å². The first-order valence-electron chi connectivity index (χ1n) is 6.50. The van der Waals surface area contributed by atoms with Crippen LogP contribution in [0.1, 0.15) is 10.4 Å². The van der Waals surface area contributed by atoms with Crippen molar-refractivity contribution in [2.75, 3.05) is 14.2 Å². The molecule has 0 unspecified atom stereocenters. The number of oxime groups is 1. The van der Waals surface area contributed by atoms with Crippen molar-refractivity contribution in [1.29, 1.82) is 0 Å². The highest BCUT2D eigenvalue weighted by molar-refractivity contribution is 7.10. The molecule has 0 atom stereocenters. The maximum absolute atomic E-state index is 12.0. The number of hydrogen-bond acceptors (Lipinski definition) is 6.